The van der Waals surface area contributed by atoms with Gasteiger partial charge in [-0.1, -0.05) is 12.1 Å². The van der Waals surface area contributed by atoms with Crippen molar-refractivity contribution in [3.63, 3.8) is 0 Å². The Morgan fingerprint density at radius 2 is 1.83 bits per heavy atom. The molecule has 0 saturated carbocycles. The molecule has 0 atom stereocenters. The summed E-state index contributed by atoms with van der Waals surface area (Å²) in [6, 6.07) is 12.6. The number of hydrogen-bond acceptors (Lipinski definition) is 7. The number of non-ortho nitro benzene ring substituents is 1. The fourth-order valence-corrected chi connectivity index (χ4v) is 3.46. The quantitative estimate of drug-likeness (QED) is 0.361. The third-order valence-electron chi connectivity index (χ3n) is 5.15. The third-order valence-corrected chi connectivity index (χ3v) is 5.15. The van der Waals surface area contributed by atoms with Gasteiger partial charge in [0, 0.05) is 31.1 Å². The Bertz CT molecular complexity index is 1050. The summed E-state index contributed by atoms with van der Waals surface area (Å²) in [7, 11) is 0. The van der Waals surface area contributed by atoms with Crippen LogP contribution in [-0.2, 0) is 9.53 Å². The first-order valence-electron chi connectivity index (χ1n) is 9.56. The molecular weight excluding hydrogens is 390 g/mol. The van der Waals surface area contributed by atoms with E-state index in [-0.39, 0.29) is 29.7 Å². The van der Waals surface area contributed by atoms with Crippen molar-refractivity contribution in [2.45, 2.75) is 18.8 Å². The summed E-state index contributed by atoms with van der Waals surface area (Å²) < 4.78 is 10.9. The van der Waals surface area contributed by atoms with E-state index in [1.165, 1.54) is 24.3 Å². The fraction of sp³-hybridized carbons (Fsp3) is 0.286. The van der Waals surface area contributed by atoms with Crippen molar-refractivity contribution in [1.29, 1.82) is 0 Å². The number of nitrogens with zero attached hydrogens (tertiary/aromatic N) is 3. The molecule has 1 aliphatic heterocycles. The van der Waals surface area contributed by atoms with Gasteiger partial charge in [0.1, 0.15) is 5.52 Å². The first-order chi connectivity index (χ1) is 14.5. The van der Waals surface area contributed by atoms with E-state index in [0.717, 1.165) is 23.9 Å². The van der Waals surface area contributed by atoms with Crippen LogP contribution in [0.5, 0.6) is 0 Å². The number of esters is 1. The van der Waals surface area contributed by atoms with Gasteiger partial charge in [0.15, 0.2) is 18.1 Å². The van der Waals surface area contributed by atoms with Gasteiger partial charge in [-0.05, 0) is 37.1 Å². The molecule has 9 heteroatoms. The minimum absolute atomic E-state index is 0.121. The van der Waals surface area contributed by atoms with Crippen molar-refractivity contribution in [3.8, 4) is 0 Å². The molecule has 2 aromatic carbocycles. The van der Waals surface area contributed by atoms with E-state index in [1.807, 2.05) is 24.3 Å². The molecule has 1 aromatic heterocycles. The van der Waals surface area contributed by atoms with Gasteiger partial charge >= 0.3 is 5.97 Å². The minimum Gasteiger partial charge on any atom is -0.452 e. The Hall–Kier alpha value is -3.75. The summed E-state index contributed by atoms with van der Waals surface area (Å²) >= 11 is 0. The van der Waals surface area contributed by atoms with Gasteiger partial charge in [0.2, 0.25) is 0 Å². The number of nitro groups is 1. The monoisotopic (exact) mass is 409 g/mol. The number of piperidine rings is 1. The van der Waals surface area contributed by atoms with Gasteiger partial charge < -0.3 is 14.1 Å². The number of oxazole rings is 1. The van der Waals surface area contributed by atoms with Gasteiger partial charge in [-0.3, -0.25) is 14.9 Å². The van der Waals surface area contributed by atoms with E-state index in [1.54, 1.807) is 4.90 Å². The fourth-order valence-electron chi connectivity index (χ4n) is 3.46. The third kappa shape index (κ3) is 4.14. The van der Waals surface area contributed by atoms with Crippen molar-refractivity contribution < 1.29 is 23.7 Å². The summed E-state index contributed by atoms with van der Waals surface area (Å²) in [5, 5.41) is 10.7. The molecule has 4 rings (SSSR count). The van der Waals surface area contributed by atoms with Crippen LogP contribution in [0.3, 0.4) is 0 Å². The molecular formula is C21H19N3O6. The van der Waals surface area contributed by atoms with Gasteiger partial charge in [-0.25, -0.2) is 9.78 Å². The molecule has 9 nitrogen and oxygen atoms in total. The van der Waals surface area contributed by atoms with Crippen molar-refractivity contribution in [1.82, 2.24) is 9.88 Å². The number of nitro benzene ring substituents is 1. The number of ether oxygens (including phenoxy) is 1. The average Bonchev–Trinajstić information content (AvgIpc) is 3.21. The van der Waals surface area contributed by atoms with Crippen LogP contribution < -0.4 is 0 Å². The number of carbonyl (C=O) groups excluding carboxylic acids is 2. The van der Waals surface area contributed by atoms with Crippen LogP contribution in [0.25, 0.3) is 11.1 Å². The molecule has 1 saturated heterocycles. The molecule has 0 N–H and O–H groups in total. The van der Waals surface area contributed by atoms with E-state index in [4.69, 9.17) is 9.15 Å². The molecule has 0 bridgehead atoms. The molecule has 3 aromatic rings. The lowest BCUT2D eigenvalue weighted by Crippen LogP contribution is -2.40. The van der Waals surface area contributed by atoms with Crippen molar-refractivity contribution in [3.05, 3.63) is 70.1 Å². The Morgan fingerprint density at radius 3 is 2.50 bits per heavy atom. The topological polar surface area (TPSA) is 116 Å². The lowest BCUT2D eigenvalue weighted by molar-refractivity contribution is -0.384. The average molecular weight is 409 g/mol. The normalized spacial score (nSPS) is 14.6. The molecule has 0 aliphatic carbocycles. The van der Waals surface area contributed by atoms with E-state index < -0.39 is 10.9 Å². The van der Waals surface area contributed by atoms with Crippen molar-refractivity contribution >= 4 is 28.7 Å². The smallest absolute Gasteiger partial charge is 0.338 e. The summed E-state index contributed by atoms with van der Waals surface area (Å²) in [6.07, 6.45) is 1.43. The first-order valence-corrected chi connectivity index (χ1v) is 9.56. The minimum atomic E-state index is -0.695. The Kier molecular flexibility index (Phi) is 5.42. The van der Waals surface area contributed by atoms with Crippen LogP contribution in [-0.4, -0.2) is 46.4 Å². The molecule has 0 spiro atoms. The number of aromatic nitrogens is 1. The largest absolute Gasteiger partial charge is 0.452 e. The number of fused-ring (bicyclic) bond motifs is 1. The first kappa shape index (κ1) is 19.6. The Labute approximate surface area is 171 Å². The second-order valence-electron chi connectivity index (χ2n) is 7.06. The zero-order chi connectivity index (χ0) is 21.1. The zero-order valence-corrected chi connectivity index (χ0v) is 16.0. The standard InChI is InChI=1S/C21H19N3O6/c25-19(13-29-21(26)15-5-7-16(8-6-15)24(27)28)23-11-9-14(10-12-23)20-22-17-3-1-2-4-18(17)30-20/h1-8,14H,9-13H2. The maximum absolute atomic E-state index is 12.4. The SMILES string of the molecule is O=C(OCC(=O)N1CCC(c2nc3ccccc3o2)CC1)c1ccc([N+](=O)[O-])cc1. The van der Waals surface area contributed by atoms with E-state index in [9.17, 15) is 19.7 Å². The second-order valence-corrected chi connectivity index (χ2v) is 7.06. The maximum atomic E-state index is 12.4. The summed E-state index contributed by atoms with van der Waals surface area (Å²) in [6.45, 7) is 0.679. The molecule has 1 amide bonds. The second kappa shape index (κ2) is 8.32. The van der Waals surface area contributed by atoms with Gasteiger partial charge in [-0.2, -0.15) is 0 Å². The molecule has 30 heavy (non-hydrogen) atoms. The summed E-state index contributed by atoms with van der Waals surface area (Å²) in [5.74, 6) is -0.141. The molecule has 0 radical (unpaired) electrons. The molecule has 0 unspecified atom stereocenters. The molecule has 1 aliphatic rings. The van der Waals surface area contributed by atoms with Gasteiger partial charge in [-0.15, -0.1) is 0 Å². The predicted molar refractivity (Wildman–Crippen MR) is 106 cm³/mol. The number of carbonyl (C=O) groups is 2. The van der Waals surface area contributed by atoms with Crippen LogP contribution in [0, 0.1) is 10.1 Å². The van der Waals surface area contributed by atoms with Crippen LogP contribution in [0.2, 0.25) is 0 Å². The molecule has 154 valence electrons. The number of para-hydroxylation sites is 2. The molecule has 2 heterocycles. The lowest BCUT2D eigenvalue weighted by atomic mass is 9.97. The highest BCUT2D eigenvalue weighted by molar-refractivity contribution is 5.91. The van der Waals surface area contributed by atoms with E-state index in [2.05, 4.69) is 4.98 Å². The lowest BCUT2D eigenvalue weighted by Gasteiger charge is -2.30. The van der Waals surface area contributed by atoms with Crippen LogP contribution in [0.1, 0.15) is 35.0 Å². The summed E-state index contributed by atoms with van der Waals surface area (Å²) in [4.78, 5) is 40.7. The van der Waals surface area contributed by atoms with Crippen LogP contribution >= 0.6 is 0 Å². The number of amides is 1. The van der Waals surface area contributed by atoms with Gasteiger partial charge in [0.05, 0.1) is 10.5 Å². The number of rotatable bonds is 5. The highest BCUT2D eigenvalue weighted by Gasteiger charge is 2.27. The van der Waals surface area contributed by atoms with Crippen molar-refractivity contribution in [2.75, 3.05) is 19.7 Å². The van der Waals surface area contributed by atoms with Crippen LogP contribution in [0.15, 0.2) is 52.9 Å². The highest BCUT2D eigenvalue weighted by Crippen LogP contribution is 2.29. The number of benzene rings is 2. The molecule has 1 fully saturated rings. The van der Waals surface area contributed by atoms with E-state index >= 15 is 0 Å². The van der Waals surface area contributed by atoms with Crippen LogP contribution in [0.4, 0.5) is 5.69 Å². The zero-order valence-electron chi connectivity index (χ0n) is 16.0. The number of likely N-dealkylation sites (tertiary alicyclic amines) is 1. The Morgan fingerprint density at radius 1 is 1.13 bits per heavy atom. The predicted octanol–water partition coefficient (Wildman–Crippen LogP) is 3.30. The van der Waals surface area contributed by atoms with Crippen molar-refractivity contribution in [2.24, 2.45) is 0 Å². The number of hydrogen-bond donors (Lipinski definition) is 0. The Balaban J connectivity index is 1.28. The van der Waals surface area contributed by atoms with Gasteiger partial charge in [0.25, 0.3) is 11.6 Å². The summed E-state index contributed by atoms with van der Waals surface area (Å²) in [5.41, 5.74) is 1.61. The van der Waals surface area contributed by atoms with E-state index in [0.29, 0.717) is 19.0 Å². The highest BCUT2D eigenvalue weighted by atomic mass is 16.6. The maximum Gasteiger partial charge on any atom is 0.338 e.